The second kappa shape index (κ2) is 6.02. The van der Waals surface area contributed by atoms with E-state index in [0.29, 0.717) is 12.5 Å². The van der Waals surface area contributed by atoms with Crippen molar-refractivity contribution in [3.8, 4) is 0 Å². The van der Waals surface area contributed by atoms with E-state index in [4.69, 9.17) is 10.5 Å². The monoisotopic (exact) mass is 254 g/mol. The normalized spacial score (nSPS) is 25.9. The molecule has 1 saturated carbocycles. The minimum atomic E-state index is -0.278. The molecule has 0 radical (unpaired) electrons. The van der Waals surface area contributed by atoms with Crippen LogP contribution in [0, 0.1) is 11.3 Å². The first-order valence-electron chi connectivity index (χ1n) is 7.27. The van der Waals surface area contributed by atoms with Crippen LogP contribution in [0.25, 0.3) is 0 Å². The summed E-state index contributed by atoms with van der Waals surface area (Å²) < 4.78 is 5.36. The van der Waals surface area contributed by atoms with Crippen LogP contribution < -0.4 is 11.1 Å². The van der Waals surface area contributed by atoms with Crippen molar-refractivity contribution in [2.24, 2.45) is 17.1 Å². The molecule has 1 aliphatic heterocycles. The van der Waals surface area contributed by atoms with Crippen molar-refractivity contribution in [3.05, 3.63) is 0 Å². The Kier molecular flexibility index (Phi) is 4.62. The highest BCUT2D eigenvalue weighted by atomic mass is 16.5. The van der Waals surface area contributed by atoms with Gasteiger partial charge in [0.1, 0.15) is 0 Å². The summed E-state index contributed by atoms with van der Waals surface area (Å²) in [5.74, 6) is 0.736. The minimum absolute atomic E-state index is 0.182. The van der Waals surface area contributed by atoms with Crippen LogP contribution in [0.15, 0.2) is 0 Å². The first kappa shape index (κ1) is 13.8. The third-order valence-electron chi connectivity index (χ3n) is 4.76. The van der Waals surface area contributed by atoms with Gasteiger partial charge >= 0.3 is 0 Å². The first-order valence-corrected chi connectivity index (χ1v) is 7.27. The summed E-state index contributed by atoms with van der Waals surface area (Å²) >= 11 is 0. The van der Waals surface area contributed by atoms with Gasteiger partial charge in [-0.25, -0.2) is 0 Å². The van der Waals surface area contributed by atoms with Gasteiger partial charge < -0.3 is 15.8 Å². The van der Waals surface area contributed by atoms with Gasteiger partial charge in [0, 0.05) is 25.8 Å². The number of nitrogens with two attached hydrogens (primary N) is 1. The fourth-order valence-electron chi connectivity index (χ4n) is 3.27. The van der Waals surface area contributed by atoms with E-state index in [-0.39, 0.29) is 17.4 Å². The highest BCUT2D eigenvalue weighted by Crippen LogP contribution is 2.37. The number of rotatable bonds is 4. The molecule has 2 rings (SSSR count). The molecule has 0 aromatic heterocycles. The molecule has 1 atom stereocenters. The van der Waals surface area contributed by atoms with Gasteiger partial charge in [0.15, 0.2) is 0 Å². The van der Waals surface area contributed by atoms with Gasteiger partial charge in [0.25, 0.3) is 0 Å². The lowest BCUT2D eigenvalue weighted by atomic mass is 9.84. The van der Waals surface area contributed by atoms with Crippen molar-refractivity contribution in [2.75, 3.05) is 19.8 Å². The lowest BCUT2D eigenvalue weighted by molar-refractivity contribution is -0.131. The number of hydrogen-bond donors (Lipinski definition) is 2. The maximum absolute atomic E-state index is 12.4. The molecule has 3 N–H and O–H groups in total. The fourth-order valence-corrected chi connectivity index (χ4v) is 3.27. The van der Waals surface area contributed by atoms with Crippen LogP contribution in [0.2, 0.25) is 0 Å². The zero-order chi connectivity index (χ0) is 13.0. The van der Waals surface area contributed by atoms with E-state index in [0.717, 1.165) is 51.7 Å². The molecule has 0 bridgehead atoms. The van der Waals surface area contributed by atoms with Crippen LogP contribution in [0.3, 0.4) is 0 Å². The van der Waals surface area contributed by atoms with Crippen LogP contribution >= 0.6 is 0 Å². The SMILES string of the molecule is CC(NC(=O)C1(CN)CCCC1)C1CCOCC1. The maximum Gasteiger partial charge on any atom is 0.227 e. The molecule has 0 spiro atoms. The van der Waals surface area contributed by atoms with Crippen molar-refractivity contribution >= 4 is 5.91 Å². The summed E-state index contributed by atoms with van der Waals surface area (Å²) in [5, 5.41) is 3.21. The number of carbonyl (C=O) groups excluding carboxylic acids is 1. The molecule has 1 unspecified atom stereocenters. The predicted octanol–water partition coefficient (Wildman–Crippen LogP) is 1.44. The van der Waals surface area contributed by atoms with Gasteiger partial charge in [0.05, 0.1) is 5.41 Å². The molecule has 104 valence electrons. The summed E-state index contributed by atoms with van der Waals surface area (Å²) in [6.45, 7) is 4.26. The summed E-state index contributed by atoms with van der Waals surface area (Å²) in [5.41, 5.74) is 5.56. The topological polar surface area (TPSA) is 64.4 Å². The van der Waals surface area contributed by atoms with Gasteiger partial charge in [-0.3, -0.25) is 4.79 Å². The van der Waals surface area contributed by atoms with Crippen molar-refractivity contribution in [2.45, 2.75) is 51.5 Å². The zero-order valence-electron chi connectivity index (χ0n) is 11.4. The molecule has 1 heterocycles. The van der Waals surface area contributed by atoms with Gasteiger partial charge in [-0.15, -0.1) is 0 Å². The Balaban J connectivity index is 1.89. The fraction of sp³-hybridized carbons (Fsp3) is 0.929. The van der Waals surface area contributed by atoms with Crippen molar-refractivity contribution in [3.63, 3.8) is 0 Å². The molecule has 18 heavy (non-hydrogen) atoms. The van der Waals surface area contributed by atoms with E-state index in [1.54, 1.807) is 0 Å². The molecular formula is C14H26N2O2. The van der Waals surface area contributed by atoms with Crippen LogP contribution in [-0.4, -0.2) is 31.7 Å². The second-order valence-corrected chi connectivity index (χ2v) is 5.90. The highest BCUT2D eigenvalue weighted by Gasteiger charge is 2.40. The summed E-state index contributed by atoms with van der Waals surface area (Å²) in [4.78, 5) is 12.4. The smallest absolute Gasteiger partial charge is 0.227 e. The predicted molar refractivity (Wildman–Crippen MR) is 71.1 cm³/mol. The Labute approximate surface area is 110 Å². The largest absolute Gasteiger partial charge is 0.381 e. The van der Waals surface area contributed by atoms with E-state index >= 15 is 0 Å². The average Bonchev–Trinajstić information content (AvgIpc) is 2.89. The van der Waals surface area contributed by atoms with E-state index in [1.807, 2.05) is 0 Å². The van der Waals surface area contributed by atoms with E-state index in [1.165, 1.54) is 0 Å². The van der Waals surface area contributed by atoms with Crippen LogP contribution in [0.4, 0.5) is 0 Å². The standard InChI is InChI=1S/C14H26N2O2/c1-11(12-4-8-18-9-5-12)16-13(17)14(10-15)6-2-3-7-14/h11-12H,2-10,15H2,1H3,(H,16,17). The molecular weight excluding hydrogens is 228 g/mol. The Morgan fingerprint density at radius 1 is 1.39 bits per heavy atom. The third kappa shape index (κ3) is 2.86. The third-order valence-corrected chi connectivity index (χ3v) is 4.76. The van der Waals surface area contributed by atoms with Gasteiger partial charge in [-0.2, -0.15) is 0 Å². The zero-order valence-corrected chi connectivity index (χ0v) is 11.4. The molecule has 1 saturated heterocycles. The number of amides is 1. The van der Waals surface area contributed by atoms with Crippen molar-refractivity contribution in [1.82, 2.24) is 5.32 Å². The number of hydrogen-bond acceptors (Lipinski definition) is 3. The van der Waals surface area contributed by atoms with Crippen molar-refractivity contribution in [1.29, 1.82) is 0 Å². The van der Waals surface area contributed by atoms with E-state index < -0.39 is 0 Å². The van der Waals surface area contributed by atoms with Gasteiger partial charge in [0.2, 0.25) is 5.91 Å². The molecule has 1 aliphatic carbocycles. The second-order valence-electron chi connectivity index (χ2n) is 5.90. The number of ether oxygens (including phenoxy) is 1. The van der Waals surface area contributed by atoms with Gasteiger partial charge in [-0.1, -0.05) is 12.8 Å². The molecule has 2 fully saturated rings. The number of nitrogens with one attached hydrogen (secondary N) is 1. The minimum Gasteiger partial charge on any atom is -0.381 e. The number of carbonyl (C=O) groups is 1. The Morgan fingerprint density at radius 3 is 2.56 bits per heavy atom. The molecule has 1 amide bonds. The average molecular weight is 254 g/mol. The maximum atomic E-state index is 12.4. The van der Waals surface area contributed by atoms with Crippen LogP contribution in [0.1, 0.15) is 45.4 Å². The Bertz CT molecular complexity index is 282. The lowest BCUT2D eigenvalue weighted by Crippen LogP contribution is -2.49. The molecule has 0 aromatic carbocycles. The van der Waals surface area contributed by atoms with Crippen LogP contribution in [0.5, 0.6) is 0 Å². The van der Waals surface area contributed by atoms with E-state index in [2.05, 4.69) is 12.2 Å². The summed E-state index contributed by atoms with van der Waals surface area (Å²) in [7, 11) is 0. The van der Waals surface area contributed by atoms with Gasteiger partial charge in [-0.05, 0) is 38.5 Å². The highest BCUT2D eigenvalue weighted by molar-refractivity contribution is 5.83. The Morgan fingerprint density at radius 2 is 2.00 bits per heavy atom. The van der Waals surface area contributed by atoms with E-state index in [9.17, 15) is 4.79 Å². The molecule has 4 heteroatoms. The molecule has 0 aromatic rings. The lowest BCUT2D eigenvalue weighted by Gasteiger charge is -2.32. The summed E-state index contributed by atoms with van der Waals surface area (Å²) in [6.07, 6.45) is 6.28. The Hall–Kier alpha value is -0.610. The summed E-state index contributed by atoms with van der Waals surface area (Å²) in [6, 6.07) is 0.241. The first-order chi connectivity index (χ1) is 8.68. The van der Waals surface area contributed by atoms with Crippen molar-refractivity contribution < 1.29 is 9.53 Å². The quantitative estimate of drug-likeness (QED) is 0.798. The van der Waals surface area contributed by atoms with Crippen LogP contribution in [-0.2, 0) is 9.53 Å². The molecule has 2 aliphatic rings. The molecule has 4 nitrogen and oxygen atoms in total.